The molecule has 5 nitrogen and oxygen atoms in total. The van der Waals surface area contributed by atoms with E-state index in [-0.39, 0.29) is 28.5 Å². The Morgan fingerprint density at radius 1 is 1.53 bits per heavy atom. The molecule has 0 saturated carbocycles. The molecular weight excluding hydrogens is 332 g/mol. The Hall–Kier alpha value is -1.13. The molecule has 0 radical (unpaired) electrons. The van der Waals surface area contributed by atoms with Gasteiger partial charge in [-0.3, -0.25) is 4.79 Å². The van der Waals surface area contributed by atoms with E-state index in [0.29, 0.717) is 17.4 Å². The van der Waals surface area contributed by atoms with Gasteiger partial charge in [-0.05, 0) is 40.8 Å². The van der Waals surface area contributed by atoms with Crippen molar-refractivity contribution >= 4 is 25.8 Å². The van der Waals surface area contributed by atoms with E-state index in [1.54, 1.807) is 6.20 Å². The third kappa shape index (κ3) is 3.45. The Kier molecular flexibility index (Phi) is 4.11. The molecule has 2 heterocycles. The van der Waals surface area contributed by atoms with Gasteiger partial charge in [0.25, 0.3) is 5.56 Å². The average Bonchev–Trinajstić information content (AvgIpc) is 2.32. The largest absolute Gasteiger partial charge is 0.313 e. The fraction of sp³-hybridized carbons (Fsp3) is 0.500. The molecule has 0 aliphatic carbocycles. The highest BCUT2D eigenvalue weighted by atomic mass is 79.9. The minimum Gasteiger partial charge on any atom is -0.313 e. The third-order valence-electron chi connectivity index (χ3n) is 3.19. The monoisotopic (exact) mass is 344 g/mol. The number of hydrogen-bond donors (Lipinski definition) is 0. The molecule has 19 heavy (non-hydrogen) atoms. The van der Waals surface area contributed by atoms with Crippen LogP contribution in [-0.4, -0.2) is 24.5 Å². The van der Waals surface area contributed by atoms with Crippen molar-refractivity contribution in [1.82, 2.24) is 4.57 Å². The summed E-state index contributed by atoms with van der Waals surface area (Å²) in [5, 5.41) is 8.88. The molecule has 0 amide bonds. The van der Waals surface area contributed by atoms with Gasteiger partial charge in [-0.1, -0.05) is 0 Å². The summed E-state index contributed by atoms with van der Waals surface area (Å²) in [7, 11) is -2.98. The lowest BCUT2D eigenvalue weighted by atomic mass is 10.1. The van der Waals surface area contributed by atoms with Gasteiger partial charge in [0, 0.05) is 17.2 Å². The maximum Gasteiger partial charge on any atom is 0.268 e. The Morgan fingerprint density at radius 2 is 2.26 bits per heavy atom. The van der Waals surface area contributed by atoms with Crippen molar-refractivity contribution in [2.45, 2.75) is 19.4 Å². The van der Waals surface area contributed by atoms with E-state index < -0.39 is 9.84 Å². The van der Waals surface area contributed by atoms with Gasteiger partial charge in [0.2, 0.25) is 0 Å². The van der Waals surface area contributed by atoms with E-state index in [2.05, 4.69) is 15.9 Å². The van der Waals surface area contributed by atoms with Crippen LogP contribution in [0.15, 0.2) is 21.5 Å². The van der Waals surface area contributed by atoms with E-state index in [1.165, 1.54) is 10.6 Å². The normalized spacial score (nSPS) is 21.8. The number of hydrogen-bond acceptors (Lipinski definition) is 4. The molecule has 1 aromatic rings. The molecule has 1 aliphatic heterocycles. The molecule has 2 rings (SSSR count). The van der Waals surface area contributed by atoms with Crippen LogP contribution < -0.4 is 5.56 Å². The number of rotatable bonds is 2. The van der Waals surface area contributed by atoms with E-state index >= 15 is 0 Å². The van der Waals surface area contributed by atoms with Crippen molar-refractivity contribution in [2.75, 3.05) is 11.5 Å². The van der Waals surface area contributed by atoms with Crippen LogP contribution in [0, 0.1) is 17.2 Å². The highest BCUT2D eigenvalue weighted by Gasteiger charge is 2.25. The lowest BCUT2D eigenvalue weighted by molar-refractivity contribution is 0.420. The first-order valence-electron chi connectivity index (χ1n) is 5.92. The molecule has 1 aliphatic rings. The second-order valence-electron chi connectivity index (χ2n) is 4.76. The number of sulfone groups is 1. The second-order valence-corrected chi connectivity index (χ2v) is 7.91. The van der Waals surface area contributed by atoms with E-state index in [0.717, 1.165) is 6.42 Å². The summed E-state index contributed by atoms with van der Waals surface area (Å²) >= 11 is 3.25. The summed E-state index contributed by atoms with van der Waals surface area (Å²) in [6, 6.07) is 3.32. The molecule has 0 spiro atoms. The van der Waals surface area contributed by atoms with Crippen LogP contribution in [0.3, 0.4) is 0 Å². The fourth-order valence-corrected chi connectivity index (χ4v) is 4.59. The van der Waals surface area contributed by atoms with Gasteiger partial charge in [-0.25, -0.2) is 8.42 Å². The molecule has 7 heteroatoms. The Balaban J connectivity index is 2.27. The molecule has 1 atom stereocenters. The Morgan fingerprint density at radius 3 is 2.89 bits per heavy atom. The van der Waals surface area contributed by atoms with Crippen molar-refractivity contribution in [1.29, 1.82) is 5.26 Å². The fourth-order valence-electron chi connectivity index (χ4n) is 2.35. The summed E-state index contributed by atoms with van der Waals surface area (Å²) in [5.41, 5.74) is -0.304. The number of nitrogens with zero attached hydrogens (tertiary/aromatic N) is 2. The first-order chi connectivity index (χ1) is 8.91. The van der Waals surface area contributed by atoms with Crippen LogP contribution in [0.2, 0.25) is 0 Å². The maximum absolute atomic E-state index is 12.0. The first-order valence-corrected chi connectivity index (χ1v) is 8.53. The van der Waals surface area contributed by atoms with Crippen LogP contribution in [0.25, 0.3) is 0 Å². The zero-order valence-corrected chi connectivity index (χ0v) is 12.6. The molecule has 1 saturated heterocycles. The zero-order chi connectivity index (χ0) is 14.0. The lowest BCUT2D eigenvalue weighted by Gasteiger charge is -2.22. The van der Waals surface area contributed by atoms with Gasteiger partial charge in [-0.15, -0.1) is 0 Å². The molecule has 0 bridgehead atoms. The zero-order valence-electron chi connectivity index (χ0n) is 10.2. The van der Waals surface area contributed by atoms with Crippen molar-refractivity contribution in [3.05, 3.63) is 32.7 Å². The Bertz CT molecular complexity index is 688. The van der Waals surface area contributed by atoms with E-state index in [9.17, 15) is 13.2 Å². The van der Waals surface area contributed by atoms with E-state index in [1.807, 2.05) is 6.07 Å². The number of aromatic nitrogens is 1. The minimum atomic E-state index is -2.98. The lowest BCUT2D eigenvalue weighted by Crippen LogP contribution is -2.32. The maximum atomic E-state index is 12.0. The minimum absolute atomic E-state index is 0.0581. The van der Waals surface area contributed by atoms with Crippen LogP contribution in [0.1, 0.15) is 18.4 Å². The van der Waals surface area contributed by atoms with Crippen molar-refractivity contribution in [2.24, 2.45) is 5.92 Å². The standard InChI is InChI=1S/C12H13BrN2O3S/c13-11-4-10(5-14)12(16)15(7-11)6-9-2-1-3-19(17,18)8-9/h4,7,9H,1-3,6,8H2. The van der Waals surface area contributed by atoms with Gasteiger partial charge in [0.15, 0.2) is 9.84 Å². The predicted molar refractivity (Wildman–Crippen MR) is 74.5 cm³/mol. The molecule has 0 N–H and O–H groups in total. The summed E-state index contributed by atoms with van der Waals surface area (Å²) in [6.07, 6.45) is 3.03. The Labute approximate surface area is 119 Å². The SMILES string of the molecule is N#Cc1cc(Br)cn(CC2CCCS(=O)(=O)C2)c1=O. The van der Waals surface area contributed by atoms with Gasteiger partial charge >= 0.3 is 0 Å². The second kappa shape index (κ2) is 5.47. The smallest absolute Gasteiger partial charge is 0.268 e. The summed E-state index contributed by atoms with van der Waals surface area (Å²) < 4.78 is 25.2. The quantitative estimate of drug-likeness (QED) is 0.809. The van der Waals surface area contributed by atoms with Crippen molar-refractivity contribution in [3.8, 4) is 6.07 Å². The predicted octanol–water partition coefficient (Wildman–Crippen LogP) is 1.31. The van der Waals surface area contributed by atoms with Gasteiger partial charge < -0.3 is 4.57 Å². The van der Waals surface area contributed by atoms with Gasteiger partial charge in [0.05, 0.1) is 11.5 Å². The molecular formula is C12H13BrN2O3S. The van der Waals surface area contributed by atoms with Crippen LogP contribution in [-0.2, 0) is 16.4 Å². The summed E-state index contributed by atoms with van der Waals surface area (Å²) in [4.78, 5) is 12.0. The van der Waals surface area contributed by atoms with Crippen LogP contribution >= 0.6 is 15.9 Å². The summed E-state index contributed by atoms with van der Waals surface area (Å²) in [5.74, 6) is 0.297. The molecule has 102 valence electrons. The topological polar surface area (TPSA) is 79.9 Å². The number of nitriles is 1. The molecule has 1 fully saturated rings. The number of halogens is 1. The van der Waals surface area contributed by atoms with Gasteiger partial charge in [-0.2, -0.15) is 5.26 Å². The number of pyridine rings is 1. The molecule has 1 unspecified atom stereocenters. The van der Waals surface area contributed by atoms with Crippen LogP contribution in [0.4, 0.5) is 0 Å². The third-order valence-corrected chi connectivity index (χ3v) is 5.51. The highest BCUT2D eigenvalue weighted by molar-refractivity contribution is 9.10. The van der Waals surface area contributed by atoms with E-state index in [4.69, 9.17) is 5.26 Å². The van der Waals surface area contributed by atoms with Gasteiger partial charge in [0.1, 0.15) is 11.6 Å². The van der Waals surface area contributed by atoms with Crippen molar-refractivity contribution < 1.29 is 8.42 Å². The molecule has 1 aromatic heterocycles. The highest BCUT2D eigenvalue weighted by Crippen LogP contribution is 2.20. The molecule has 0 aromatic carbocycles. The summed E-state index contributed by atoms with van der Waals surface area (Å²) in [6.45, 7) is 0.339. The average molecular weight is 345 g/mol. The first kappa shape index (κ1) is 14.3. The van der Waals surface area contributed by atoms with Crippen LogP contribution in [0.5, 0.6) is 0 Å². The van der Waals surface area contributed by atoms with Crippen molar-refractivity contribution in [3.63, 3.8) is 0 Å².